The number of methoxy groups -OCH3 is 2. The number of carbonyl (C=O) groups excluding carboxylic acids is 6. The van der Waals surface area contributed by atoms with Crippen LogP contribution in [0, 0.1) is 0 Å². The Morgan fingerprint density at radius 1 is 0.649 bits per heavy atom. The summed E-state index contributed by atoms with van der Waals surface area (Å²) in [5.74, 6) is -1.87. The summed E-state index contributed by atoms with van der Waals surface area (Å²) in [6, 6.07) is 20.7. The number of rotatable bonds is 15. The van der Waals surface area contributed by atoms with E-state index < -0.39 is 61.4 Å². The zero-order valence-corrected chi connectivity index (χ0v) is 31.9. The second-order valence-electron chi connectivity index (χ2n) is 13.7. The molecule has 6 N–H and O–H groups in total. The second-order valence-corrected chi connectivity index (χ2v) is 13.7. The van der Waals surface area contributed by atoms with Gasteiger partial charge in [0.05, 0.1) is 27.4 Å². The number of nitrogens with one attached hydrogen (secondary N) is 4. The molecular weight excluding hydrogens is 738 g/mol. The summed E-state index contributed by atoms with van der Waals surface area (Å²) in [7, 11) is 2.31. The van der Waals surface area contributed by atoms with Gasteiger partial charge in [-0.05, 0) is 73.2 Å². The summed E-state index contributed by atoms with van der Waals surface area (Å²) in [5, 5.41) is 29.7. The number of carbonyl (C=O) groups is 6. The summed E-state index contributed by atoms with van der Waals surface area (Å²) >= 11 is 0. The Hall–Kier alpha value is -6.20. The lowest BCUT2D eigenvalue weighted by Gasteiger charge is -2.28. The van der Waals surface area contributed by atoms with Crippen molar-refractivity contribution >= 4 is 52.9 Å². The minimum absolute atomic E-state index is 0.314. The molecule has 2 heterocycles. The Kier molecular flexibility index (Phi) is 14.8. The number of likely N-dealkylation sites (tertiary alicyclic amines) is 2. The first-order valence-electron chi connectivity index (χ1n) is 18.7. The van der Waals surface area contributed by atoms with Crippen LogP contribution in [0.2, 0.25) is 0 Å². The number of hydrogen-bond acceptors (Lipinski definition) is 11. The first-order valence-corrected chi connectivity index (χ1v) is 18.7. The molecule has 2 saturated heterocycles. The number of aliphatic hydroxyl groups is 2. The highest BCUT2D eigenvalue weighted by molar-refractivity contribution is 5.99. The molecule has 0 aromatic heterocycles. The molecule has 2 aliphatic heterocycles. The number of ether oxygens (including phenoxy) is 2. The maximum Gasteiger partial charge on any atom is 0.407 e. The Balaban J connectivity index is 1.19. The second kappa shape index (κ2) is 20.1. The number of hydrogen-bond donors (Lipinski definition) is 6. The van der Waals surface area contributed by atoms with Gasteiger partial charge in [0.2, 0.25) is 23.6 Å². The average molecular weight is 788 g/mol. The molecule has 17 nitrogen and oxygen atoms in total. The standard InChI is InChI=1S/C40H49N7O10/c1-56-39(54)43-31(24-48)37(52)46-20-6-10-33(46)35(50)41-28-16-12-26(13-17-28)22-45(30-8-4-3-5-9-30)23-27-14-18-29(19-15-27)42-36(51)34-11-7-21-47(34)38(53)32(25-49)44-40(55)57-2/h3-5,8-9,12-19,31-34,48-49H,6-7,10-11,20-25H2,1-2H3,(H,41,50)(H,42,51)(H,43,54)(H,44,55)/t31-,32-,33-,34-/m0/s1. The molecule has 17 heteroatoms. The highest BCUT2D eigenvalue weighted by atomic mass is 16.5. The van der Waals surface area contributed by atoms with Crippen LogP contribution in [0.15, 0.2) is 78.9 Å². The van der Waals surface area contributed by atoms with Gasteiger partial charge in [-0.1, -0.05) is 42.5 Å². The fraction of sp³-hybridized carbons (Fsp3) is 0.400. The summed E-state index contributed by atoms with van der Waals surface area (Å²) in [4.78, 5) is 80.9. The molecule has 0 spiro atoms. The predicted octanol–water partition coefficient (Wildman–Crippen LogP) is 2.19. The van der Waals surface area contributed by atoms with Crippen molar-refractivity contribution in [1.82, 2.24) is 20.4 Å². The number of para-hydroxylation sites is 1. The zero-order valence-electron chi connectivity index (χ0n) is 31.9. The van der Waals surface area contributed by atoms with Gasteiger partial charge in [0.25, 0.3) is 0 Å². The van der Waals surface area contributed by atoms with Gasteiger partial charge in [-0.3, -0.25) is 19.2 Å². The third kappa shape index (κ3) is 11.0. The Bertz CT molecular complexity index is 1750. The van der Waals surface area contributed by atoms with Crippen LogP contribution in [0.1, 0.15) is 36.8 Å². The quantitative estimate of drug-likeness (QED) is 0.131. The van der Waals surface area contributed by atoms with Crippen LogP contribution in [0.4, 0.5) is 26.7 Å². The SMILES string of the molecule is COC(=O)N[C@@H](CO)C(=O)N1CCC[C@H]1C(=O)Nc1ccc(CN(Cc2ccc(NC(=O)[C@@H]3CCCN3C(=O)[C@H](CO)NC(=O)OC)cc2)c2ccccc2)cc1. The van der Waals surface area contributed by atoms with E-state index in [1.54, 1.807) is 24.3 Å². The molecule has 6 amide bonds. The van der Waals surface area contributed by atoms with E-state index in [0.29, 0.717) is 63.2 Å². The number of benzene rings is 3. The maximum absolute atomic E-state index is 13.3. The van der Waals surface area contributed by atoms with Gasteiger partial charge in [0, 0.05) is 43.2 Å². The molecule has 4 atom stereocenters. The van der Waals surface area contributed by atoms with Crippen molar-refractivity contribution in [3.63, 3.8) is 0 Å². The zero-order chi connectivity index (χ0) is 40.9. The van der Waals surface area contributed by atoms with Crippen LogP contribution in [-0.2, 0) is 41.7 Å². The number of nitrogens with zero attached hydrogens (tertiary/aromatic N) is 3. The van der Waals surface area contributed by atoms with E-state index in [-0.39, 0.29) is 11.8 Å². The van der Waals surface area contributed by atoms with E-state index in [9.17, 15) is 39.0 Å². The molecular formula is C40H49N7O10. The van der Waals surface area contributed by atoms with E-state index in [1.807, 2.05) is 54.6 Å². The summed E-state index contributed by atoms with van der Waals surface area (Å²) < 4.78 is 9.08. The van der Waals surface area contributed by atoms with Crippen LogP contribution >= 0.6 is 0 Å². The van der Waals surface area contributed by atoms with Crippen LogP contribution in [0.3, 0.4) is 0 Å². The van der Waals surface area contributed by atoms with E-state index in [2.05, 4.69) is 35.6 Å². The molecule has 304 valence electrons. The molecule has 3 aromatic rings. The Morgan fingerprint density at radius 2 is 1.05 bits per heavy atom. The molecule has 0 aliphatic carbocycles. The Labute approximate surface area is 330 Å². The van der Waals surface area contributed by atoms with Crippen LogP contribution in [-0.4, -0.2) is 121 Å². The maximum atomic E-state index is 13.3. The molecule has 0 unspecified atom stereocenters. The van der Waals surface area contributed by atoms with Gasteiger partial charge in [0.15, 0.2) is 0 Å². The highest BCUT2D eigenvalue weighted by Crippen LogP contribution is 2.25. The van der Waals surface area contributed by atoms with Gasteiger partial charge < -0.3 is 55.7 Å². The molecule has 2 aliphatic rings. The largest absolute Gasteiger partial charge is 0.453 e. The number of aliphatic hydroxyl groups excluding tert-OH is 2. The molecule has 0 saturated carbocycles. The lowest BCUT2D eigenvalue weighted by molar-refractivity contribution is -0.139. The van der Waals surface area contributed by atoms with Crippen LogP contribution in [0.25, 0.3) is 0 Å². The smallest absolute Gasteiger partial charge is 0.407 e. The molecule has 3 aromatic carbocycles. The van der Waals surface area contributed by atoms with E-state index in [1.165, 1.54) is 9.80 Å². The normalized spacial score (nSPS) is 17.2. The van der Waals surface area contributed by atoms with Crippen molar-refractivity contribution in [2.45, 2.75) is 62.9 Å². The molecule has 0 radical (unpaired) electrons. The fourth-order valence-electron chi connectivity index (χ4n) is 6.94. The number of amides is 6. The topological polar surface area (TPSA) is 219 Å². The first-order chi connectivity index (χ1) is 27.5. The summed E-state index contributed by atoms with van der Waals surface area (Å²) in [6.45, 7) is 0.415. The van der Waals surface area contributed by atoms with E-state index in [4.69, 9.17) is 0 Å². The minimum Gasteiger partial charge on any atom is -0.453 e. The lowest BCUT2D eigenvalue weighted by atomic mass is 10.1. The van der Waals surface area contributed by atoms with Crippen molar-refractivity contribution in [3.8, 4) is 0 Å². The fourth-order valence-corrected chi connectivity index (χ4v) is 6.94. The summed E-state index contributed by atoms with van der Waals surface area (Å²) in [5.41, 5.74) is 4.02. The minimum atomic E-state index is -1.23. The lowest BCUT2D eigenvalue weighted by Crippen LogP contribution is -2.53. The van der Waals surface area contributed by atoms with E-state index >= 15 is 0 Å². The van der Waals surface area contributed by atoms with Crippen molar-refractivity contribution in [3.05, 3.63) is 90.0 Å². The number of alkyl carbamates (subject to hydrolysis) is 2. The average Bonchev–Trinajstić information content (AvgIpc) is 3.94. The van der Waals surface area contributed by atoms with Crippen molar-refractivity contribution < 1.29 is 48.5 Å². The molecule has 5 rings (SSSR count). The van der Waals surface area contributed by atoms with Crippen LogP contribution in [0.5, 0.6) is 0 Å². The van der Waals surface area contributed by atoms with Crippen molar-refractivity contribution in [2.24, 2.45) is 0 Å². The van der Waals surface area contributed by atoms with Gasteiger partial charge in [0.1, 0.15) is 24.2 Å². The predicted molar refractivity (Wildman–Crippen MR) is 209 cm³/mol. The molecule has 0 bridgehead atoms. The van der Waals surface area contributed by atoms with Gasteiger partial charge in [-0.2, -0.15) is 0 Å². The Morgan fingerprint density at radius 3 is 1.42 bits per heavy atom. The summed E-state index contributed by atoms with van der Waals surface area (Å²) in [6.07, 6.45) is 0.355. The van der Waals surface area contributed by atoms with Gasteiger partial charge >= 0.3 is 12.2 Å². The van der Waals surface area contributed by atoms with E-state index in [0.717, 1.165) is 31.0 Å². The monoisotopic (exact) mass is 787 g/mol. The highest BCUT2D eigenvalue weighted by Gasteiger charge is 2.39. The molecule has 57 heavy (non-hydrogen) atoms. The van der Waals surface area contributed by atoms with Crippen molar-refractivity contribution in [1.29, 1.82) is 0 Å². The third-order valence-corrected chi connectivity index (χ3v) is 9.90. The van der Waals surface area contributed by atoms with Crippen LogP contribution < -0.4 is 26.2 Å². The van der Waals surface area contributed by atoms with Gasteiger partial charge in [-0.15, -0.1) is 0 Å². The van der Waals surface area contributed by atoms with Crippen molar-refractivity contribution in [2.75, 3.05) is 56.1 Å². The third-order valence-electron chi connectivity index (χ3n) is 9.90. The number of anilines is 3. The first kappa shape index (κ1) is 42.0. The van der Waals surface area contributed by atoms with Gasteiger partial charge in [-0.25, -0.2) is 9.59 Å². The molecule has 2 fully saturated rings.